The van der Waals surface area contributed by atoms with E-state index in [-0.39, 0.29) is 18.7 Å². The van der Waals surface area contributed by atoms with E-state index in [4.69, 9.17) is 0 Å². The van der Waals surface area contributed by atoms with Gasteiger partial charge in [-0.05, 0) is 42.7 Å². The molecule has 9 heteroatoms. The van der Waals surface area contributed by atoms with Crippen LogP contribution in [0.5, 0.6) is 0 Å². The second-order valence-corrected chi connectivity index (χ2v) is 7.92. The highest BCUT2D eigenvalue weighted by Gasteiger charge is 2.33. The minimum absolute atomic E-state index is 0.0595. The maximum Gasteiger partial charge on any atom is 0.251 e. The van der Waals surface area contributed by atoms with Crippen LogP contribution in [0.15, 0.2) is 54.6 Å². The van der Waals surface area contributed by atoms with Crippen molar-refractivity contribution in [3.8, 4) is 6.07 Å². The first-order chi connectivity index (χ1) is 15.9. The SMILES string of the molecule is N#C[C@@H](O)[C@H](C[C@@H]1CCNC1=O)NC(=O)[C@H](Cc1ccc(F)cc1)NC(=O)c1ccccc1. The molecule has 2 aromatic carbocycles. The topological polar surface area (TPSA) is 131 Å². The van der Waals surface area contributed by atoms with Crippen LogP contribution >= 0.6 is 0 Å². The van der Waals surface area contributed by atoms with Crippen LogP contribution in [0.25, 0.3) is 0 Å². The fourth-order valence-electron chi connectivity index (χ4n) is 3.71. The van der Waals surface area contributed by atoms with Crippen LogP contribution in [0.4, 0.5) is 4.39 Å². The Labute approximate surface area is 190 Å². The Morgan fingerprint density at radius 3 is 2.45 bits per heavy atom. The molecule has 0 aromatic heterocycles. The van der Waals surface area contributed by atoms with Crippen LogP contribution < -0.4 is 16.0 Å². The Balaban J connectivity index is 1.78. The van der Waals surface area contributed by atoms with Gasteiger partial charge in [0, 0.05) is 24.4 Å². The van der Waals surface area contributed by atoms with E-state index in [0.29, 0.717) is 24.1 Å². The van der Waals surface area contributed by atoms with E-state index >= 15 is 0 Å². The average molecular weight is 452 g/mol. The first-order valence-electron chi connectivity index (χ1n) is 10.6. The van der Waals surface area contributed by atoms with Crippen molar-refractivity contribution in [2.75, 3.05) is 6.54 Å². The minimum Gasteiger partial charge on any atom is -0.376 e. The number of amides is 3. The van der Waals surface area contributed by atoms with E-state index in [1.807, 2.05) is 0 Å². The number of benzene rings is 2. The summed E-state index contributed by atoms with van der Waals surface area (Å²) in [6.07, 6.45) is -0.849. The molecule has 1 fully saturated rings. The lowest BCUT2D eigenvalue weighted by molar-refractivity contribution is -0.126. The van der Waals surface area contributed by atoms with E-state index in [0.717, 1.165) is 0 Å². The molecule has 1 aliphatic rings. The number of aliphatic hydroxyl groups excluding tert-OH is 1. The van der Waals surface area contributed by atoms with Crippen LogP contribution in [-0.2, 0) is 16.0 Å². The van der Waals surface area contributed by atoms with Crippen molar-refractivity contribution in [2.24, 2.45) is 5.92 Å². The molecular formula is C24H25FN4O4. The lowest BCUT2D eigenvalue weighted by Crippen LogP contribution is -2.53. The summed E-state index contributed by atoms with van der Waals surface area (Å²) in [5.74, 6) is -2.17. The number of halogens is 1. The molecule has 0 unspecified atom stereocenters. The molecule has 3 rings (SSSR count). The number of nitriles is 1. The summed E-state index contributed by atoms with van der Waals surface area (Å²) in [5.41, 5.74) is 0.961. The Kier molecular flexibility index (Phi) is 8.11. The first kappa shape index (κ1) is 23.9. The molecule has 172 valence electrons. The van der Waals surface area contributed by atoms with Crippen molar-refractivity contribution in [2.45, 2.75) is 37.5 Å². The molecule has 0 radical (unpaired) electrons. The molecule has 1 aliphatic heterocycles. The van der Waals surface area contributed by atoms with Gasteiger partial charge < -0.3 is 21.1 Å². The number of nitrogens with zero attached hydrogens (tertiary/aromatic N) is 1. The summed E-state index contributed by atoms with van der Waals surface area (Å²) >= 11 is 0. The monoisotopic (exact) mass is 452 g/mol. The fourth-order valence-corrected chi connectivity index (χ4v) is 3.71. The standard InChI is InChI=1S/C24H25FN4O4/c25-18-8-6-15(7-9-18)12-20(29-23(32)16-4-2-1-3-5-16)24(33)28-19(21(30)14-26)13-17-10-11-27-22(17)31/h1-9,17,19-21,30H,10-13H2,(H,27,31)(H,28,33)(H,29,32)/t17-,19-,20-,21+/m0/s1. The fraction of sp³-hybridized carbons (Fsp3) is 0.333. The van der Waals surface area contributed by atoms with Gasteiger partial charge in [0.05, 0.1) is 12.1 Å². The number of rotatable bonds is 9. The molecule has 8 nitrogen and oxygen atoms in total. The minimum atomic E-state index is -1.53. The largest absolute Gasteiger partial charge is 0.376 e. The number of carbonyl (C=O) groups excluding carboxylic acids is 3. The molecule has 1 saturated heterocycles. The lowest BCUT2D eigenvalue weighted by atomic mass is 9.94. The third-order valence-electron chi connectivity index (χ3n) is 5.55. The van der Waals surface area contributed by atoms with E-state index in [2.05, 4.69) is 16.0 Å². The van der Waals surface area contributed by atoms with Crippen LogP contribution in [0.1, 0.15) is 28.8 Å². The Morgan fingerprint density at radius 1 is 1.15 bits per heavy atom. The van der Waals surface area contributed by atoms with E-state index in [1.165, 1.54) is 24.3 Å². The number of hydrogen-bond acceptors (Lipinski definition) is 5. The number of hydrogen-bond donors (Lipinski definition) is 4. The van der Waals surface area contributed by atoms with Crippen molar-refractivity contribution in [3.63, 3.8) is 0 Å². The van der Waals surface area contributed by atoms with Crippen LogP contribution in [0.3, 0.4) is 0 Å². The first-order valence-corrected chi connectivity index (χ1v) is 10.6. The van der Waals surface area contributed by atoms with Crippen LogP contribution in [0.2, 0.25) is 0 Å². The quantitative estimate of drug-likeness (QED) is 0.423. The maximum absolute atomic E-state index is 13.3. The highest BCUT2D eigenvalue weighted by atomic mass is 19.1. The van der Waals surface area contributed by atoms with Crippen molar-refractivity contribution >= 4 is 17.7 Å². The zero-order chi connectivity index (χ0) is 23.8. The van der Waals surface area contributed by atoms with Crippen molar-refractivity contribution in [1.29, 1.82) is 5.26 Å². The van der Waals surface area contributed by atoms with E-state index < -0.39 is 41.7 Å². The molecule has 1 heterocycles. The van der Waals surface area contributed by atoms with Gasteiger partial charge in [0.1, 0.15) is 11.9 Å². The predicted octanol–water partition coefficient (Wildman–Crippen LogP) is 1.06. The summed E-state index contributed by atoms with van der Waals surface area (Å²) in [5, 5.41) is 27.3. The molecule has 0 bridgehead atoms. The second kappa shape index (κ2) is 11.2. The molecule has 4 atom stereocenters. The number of nitrogens with one attached hydrogen (secondary N) is 3. The van der Waals surface area contributed by atoms with Gasteiger partial charge in [0.25, 0.3) is 5.91 Å². The third kappa shape index (κ3) is 6.60. The van der Waals surface area contributed by atoms with Crippen LogP contribution in [0, 0.1) is 23.1 Å². The summed E-state index contributed by atoms with van der Waals surface area (Å²) in [6, 6.07) is 13.5. The van der Waals surface area contributed by atoms with E-state index in [9.17, 15) is 29.1 Å². The zero-order valence-corrected chi connectivity index (χ0v) is 17.8. The van der Waals surface area contributed by atoms with E-state index in [1.54, 1.807) is 36.4 Å². The number of carbonyl (C=O) groups is 3. The maximum atomic E-state index is 13.3. The molecule has 0 saturated carbocycles. The Hall–Kier alpha value is -3.77. The van der Waals surface area contributed by atoms with Gasteiger partial charge in [0.2, 0.25) is 11.8 Å². The van der Waals surface area contributed by atoms with Gasteiger partial charge in [0.15, 0.2) is 6.10 Å². The predicted molar refractivity (Wildman–Crippen MR) is 117 cm³/mol. The molecule has 0 aliphatic carbocycles. The molecule has 33 heavy (non-hydrogen) atoms. The molecule has 0 spiro atoms. The highest BCUT2D eigenvalue weighted by Crippen LogP contribution is 2.18. The van der Waals surface area contributed by atoms with Gasteiger partial charge in [-0.2, -0.15) is 5.26 Å². The van der Waals surface area contributed by atoms with Crippen molar-refractivity contribution < 1.29 is 23.9 Å². The van der Waals surface area contributed by atoms with Gasteiger partial charge >= 0.3 is 0 Å². The normalized spacial score (nSPS) is 17.8. The molecular weight excluding hydrogens is 427 g/mol. The van der Waals surface area contributed by atoms with Gasteiger partial charge in [-0.1, -0.05) is 30.3 Å². The lowest BCUT2D eigenvalue weighted by Gasteiger charge is -2.25. The molecule has 3 amide bonds. The summed E-state index contributed by atoms with van der Waals surface area (Å²) < 4.78 is 13.3. The van der Waals surface area contributed by atoms with Crippen molar-refractivity contribution in [1.82, 2.24) is 16.0 Å². The van der Waals surface area contributed by atoms with Gasteiger partial charge in [-0.3, -0.25) is 14.4 Å². The number of aliphatic hydroxyl groups is 1. The Morgan fingerprint density at radius 2 is 1.85 bits per heavy atom. The summed E-state index contributed by atoms with van der Waals surface area (Å²) in [4.78, 5) is 37.8. The third-order valence-corrected chi connectivity index (χ3v) is 5.55. The molecule has 2 aromatic rings. The average Bonchev–Trinajstić information content (AvgIpc) is 3.23. The second-order valence-electron chi connectivity index (χ2n) is 7.92. The smallest absolute Gasteiger partial charge is 0.251 e. The molecule has 4 N–H and O–H groups in total. The summed E-state index contributed by atoms with van der Waals surface area (Å²) in [6.45, 7) is 0.493. The Bertz CT molecular complexity index is 1020. The van der Waals surface area contributed by atoms with Crippen molar-refractivity contribution in [3.05, 3.63) is 71.5 Å². The zero-order valence-electron chi connectivity index (χ0n) is 17.8. The van der Waals surface area contributed by atoms with Gasteiger partial charge in [-0.15, -0.1) is 0 Å². The van der Waals surface area contributed by atoms with Crippen LogP contribution in [-0.4, -0.2) is 47.6 Å². The highest BCUT2D eigenvalue weighted by molar-refractivity contribution is 5.97. The van der Waals surface area contributed by atoms with Gasteiger partial charge in [-0.25, -0.2) is 4.39 Å². The summed E-state index contributed by atoms with van der Waals surface area (Å²) in [7, 11) is 0.